The van der Waals surface area contributed by atoms with Gasteiger partial charge in [0.1, 0.15) is 10.8 Å². The van der Waals surface area contributed by atoms with E-state index in [9.17, 15) is 9.59 Å². The number of Topliss-reactive ketones (excluding diaryl/α,β-unsaturated/α-hetero) is 1. The van der Waals surface area contributed by atoms with E-state index < -0.39 is 0 Å². The first-order valence-corrected chi connectivity index (χ1v) is 4.80. The number of benzene rings is 1. The molecule has 0 amide bonds. The van der Waals surface area contributed by atoms with Gasteiger partial charge in [0.25, 0.3) is 0 Å². The van der Waals surface area contributed by atoms with Gasteiger partial charge >= 0.3 is 51.4 Å². The molecule has 3 nitrogen and oxygen atoms in total. The Kier molecular flexibility index (Phi) is 8.10. The molecular formula is C10H7Cl2KO3. The number of carbonyl (C=O) groups excluding carboxylic acids is 2. The zero-order valence-electron chi connectivity index (χ0n) is 8.84. The molecule has 0 aliphatic heterocycles. The van der Waals surface area contributed by atoms with Crippen molar-refractivity contribution in [3.8, 4) is 5.75 Å². The summed E-state index contributed by atoms with van der Waals surface area (Å²) >= 11 is 11.7. The van der Waals surface area contributed by atoms with Gasteiger partial charge in [-0.3, -0.25) is 4.79 Å². The first-order chi connectivity index (χ1) is 7.07. The van der Waals surface area contributed by atoms with Gasteiger partial charge in [0, 0.05) is 5.56 Å². The monoisotopic (exact) mass is 284 g/mol. The Hall–Kier alpha value is 0.576. The Morgan fingerprint density at radius 3 is 2.50 bits per heavy atom. The summed E-state index contributed by atoms with van der Waals surface area (Å²) in [6, 6.07) is 2.99. The summed E-state index contributed by atoms with van der Waals surface area (Å²) < 4.78 is 4.95. The molecule has 0 aliphatic carbocycles. The molecule has 0 saturated carbocycles. The summed E-state index contributed by atoms with van der Waals surface area (Å²) in [4.78, 5) is 21.1. The molecule has 1 rings (SSSR count). The molecule has 0 heterocycles. The van der Waals surface area contributed by atoms with Crippen LogP contribution in [-0.2, 0) is 4.79 Å². The maximum atomic E-state index is 11.1. The molecular weight excluding hydrogens is 278 g/mol. The van der Waals surface area contributed by atoms with Crippen molar-refractivity contribution >= 4 is 35.3 Å². The first-order valence-electron chi connectivity index (χ1n) is 4.04. The van der Waals surface area contributed by atoms with Crippen molar-refractivity contribution in [2.24, 2.45) is 0 Å². The number of ketones is 1. The molecule has 16 heavy (non-hydrogen) atoms. The molecule has 0 bridgehead atoms. The predicted molar refractivity (Wildman–Crippen MR) is 57.7 cm³/mol. The molecule has 0 fully saturated rings. The third kappa shape index (κ3) is 4.11. The van der Waals surface area contributed by atoms with E-state index in [-0.39, 0.29) is 79.6 Å². The van der Waals surface area contributed by atoms with Crippen LogP contribution in [-0.4, -0.2) is 18.7 Å². The molecule has 0 spiro atoms. The van der Waals surface area contributed by atoms with Crippen molar-refractivity contribution in [3.05, 3.63) is 27.7 Å². The van der Waals surface area contributed by atoms with E-state index in [1.54, 1.807) is 6.29 Å². The fraction of sp³-hybridized carbons (Fsp3) is 0.200. The molecule has 1 aromatic rings. The maximum Gasteiger partial charge on any atom is 1.00 e. The van der Waals surface area contributed by atoms with E-state index in [0.717, 1.165) is 0 Å². The fourth-order valence-electron chi connectivity index (χ4n) is 1.02. The van der Waals surface area contributed by atoms with Gasteiger partial charge in [-0.25, -0.2) is 6.29 Å². The third-order valence-electron chi connectivity index (χ3n) is 1.71. The molecule has 0 atom stereocenters. The van der Waals surface area contributed by atoms with Gasteiger partial charge in [0.2, 0.25) is 0 Å². The van der Waals surface area contributed by atoms with E-state index in [1.807, 2.05) is 0 Å². The number of hydrogen-bond donors (Lipinski definition) is 0. The molecule has 0 saturated heterocycles. The molecule has 1 aromatic carbocycles. The normalized spacial score (nSPS) is 9.19. The second-order valence-corrected chi connectivity index (χ2v) is 3.48. The van der Waals surface area contributed by atoms with E-state index >= 15 is 0 Å². The van der Waals surface area contributed by atoms with Crippen LogP contribution >= 0.6 is 23.2 Å². The third-order valence-corrected chi connectivity index (χ3v) is 2.58. The van der Waals surface area contributed by atoms with Crippen molar-refractivity contribution in [1.82, 2.24) is 0 Å². The molecule has 0 aromatic heterocycles. The van der Waals surface area contributed by atoms with Crippen LogP contribution in [0.5, 0.6) is 5.75 Å². The van der Waals surface area contributed by atoms with Gasteiger partial charge in [-0.15, -0.1) is 0 Å². The van der Waals surface area contributed by atoms with Crippen LogP contribution in [0.1, 0.15) is 17.3 Å². The van der Waals surface area contributed by atoms with Gasteiger partial charge in [-0.2, -0.15) is 0 Å². The zero-order valence-corrected chi connectivity index (χ0v) is 13.5. The van der Waals surface area contributed by atoms with Crippen LogP contribution in [0.15, 0.2) is 12.1 Å². The van der Waals surface area contributed by atoms with Gasteiger partial charge < -0.3 is 9.53 Å². The van der Waals surface area contributed by atoms with Crippen molar-refractivity contribution in [3.63, 3.8) is 0 Å². The summed E-state index contributed by atoms with van der Waals surface area (Å²) in [5.74, 6) is 0.0745. The summed E-state index contributed by atoms with van der Waals surface area (Å²) in [5.41, 5.74) is 0.323. The summed E-state index contributed by atoms with van der Waals surface area (Å²) in [7, 11) is 0. The van der Waals surface area contributed by atoms with E-state index in [4.69, 9.17) is 27.9 Å². The largest absolute Gasteiger partial charge is 1.00 e. The van der Waals surface area contributed by atoms with Crippen molar-refractivity contribution in [1.29, 1.82) is 0 Å². The van der Waals surface area contributed by atoms with Gasteiger partial charge in [0.05, 0.1) is 5.02 Å². The van der Waals surface area contributed by atoms with E-state index in [0.29, 0.717) is 5.56 Å². The fourth-order valence-corrected chi connectivity index (χ4v) is 1.53. The summed E-state index contributed by atoms with van der Waals surface area (Å²) in [6.07, 6.45) is 1.56. The van der Waals surface area contributed by atoms with Crippen LogP contribution in [0, 0.1) is 0 Å². The van der Waals surface area contributed by atoms with Gasteiger partial charge in [-0.05, 0) is 25.7 Å². The van der Waals surface area contributed by atoms with Crippen LogP contribution in [0.25, 0.3) is 0 Å². The standard InChI is InChI=1S/C10H7Cl2O3.K/c1-6(14)7-2-3-8(15-5-4-13)10(12)9(7)11;/h2-3H,5H2,1H3;/q-1;+1. The molecule has 0 radical (unpaired) electrons. The minimum absolute atomic E-state index is 0. The summed E-state index contributed by atoms with van der Waals surface area (Å²) in [6.45, 7) is 1.16. The second-order valence-electron chi connectivity index (χ2n) is 2.73. The number of hydrogen-bond acceptors (Lipinski definition) is 3. The Balaban J connectivity index is 0.00000225. The Morgan fingerprint density at radius 1 is 1.38 bits per heavy atom. The van der Waals surface area contributed by atoms with Crippen molar-refractivity contribution in [2.75, 3.05) is 6.61 Å². The summed E-state index contributed by atoms with van der Waals surface area (Å²) in [5, 5.41) is 0.257. The number of carbonyl (C=O) groups is 1. The van der Waals surface area contributed by atoms with E-state index in [1.165, 1.54) is 19.1 Å². The van der Waals surface area contributed by atoms with Crippen LogP contribution in [0.3, 0.4) is 0 Å². The van der Waals surface area contributed by atoms with Crippen LogP contribution in [0.4, 0.5) is 0 Å². The zero-order chi connectivity index (χ0) is 11.4. The second kappa shape index (κ2) is 7.82. The molecule has 0 aliphatic rings. The predicted octanol–water partition coefficient (Wildman–Crippen LogP) is -0.312. The Labute approximate surface area is 146 Å². The SMILES string of the molecule is CC(=O)c1ccc(OC[C-]=O)c(Cl)c1Cl.[K+]. The molecule has 0 unspecified atom stereocenters. The number of halogens is 2. The van der Waals surface area contributed by atoms with Crippen LogP contribution < -0.4 is 56.1 Å². The van der Waals surface area contributed by atoms with Gasteiger partial charge in [0.15, 0.2) is 5.78 Å². The number of ether oxygens (including phenoxy) is 1. The first kappa shape index (κ1) is 16.6. The topological polar surface area (TPSA) is 43.4 Å². The average molecular weight is 285 g/mol. The van der Waals surface area contributed by atoms with Gasteiger partial charge in [-0.1, -0.05) is 23.2 Å². The number of rotatable bonds is 4. The minimum Gasteiger partial charge on any atom is -0.539 e. The Morgan fingerprint density at radius 2 is 2.00 bits per heavy atom. The maximum absolute atomic E-state index is 11.1. The molecule has 6 heteroatoms. The quantitative estimate of drug-likeness (QED) is 0.433. The average Bonchev–Trinajstić information content (AvgIpc) is 2.20. The van der Waals surface area contributed by atoms with Crippen LogP contribution in [0.2, 0.25) is 10.0 Å². The minimum atomic E-state index is -0.227. The van der Waals surface area contributed by atoms with Crippen molar-refractivity contribution < 1.29 is 65.7 Å². The molecule has 0 N–H and O–H groups in total. The smallest absolute Gasteiger partial charge is 0.539 e. The Bertz CT molecular complexity index is 407. The van der Waals surface area contributed by atoms with Crippen molar-refractivity contribution in [2.45, 2.75) is 6.92 Å². The molecule has 80 valence electrons. The van der Waals surface area contributed by atoms with E-state index in [2.05, 4.69) is 0 Å².